The predicted molar refractivity (Wildman–Crippen MR) is 134 cm³/mol. The van der Waals surface area contributed by atoms with Crippen molar-refractivity contribution in [1.82, 2.24) is 9.88 Å². The molecule has 3 heterocycles. The van der Waals surface area contributed by atoms with Crippen LogP contribution in [0.4, 0.5) is 0 Å². The number of nitrogens with zero attached hydrogens (tertiary/aromatic N) is 1. The molecule has 2 aliphatic rings. The average Bonchev–Trinajstić information content (AvgIpc) is 3.33. The van der Waals surface area contributed by atoms with Gasteiger partial charge in [0.2, 0.25) is 0 Å². The van der Waals surface area contributed by atoms with E-state index < -0.39 is 5.92 Å². The number of thiocarbonyl (C=S) groups is 1. The number of nitrogens with one attached hydrogen (secondary N) is 1. The second-order valence-electron chi connectivity index (χ2n) is 8.92. The highest BCUT2D eigenvalue weighted by molar-refractivity contribution is 7.80. The lowest BCUT2D eigenvalue weighted by molar-refractivity contribution is -0.121. The Morgan fingerprint density at radius 3 is 2.52 bits per heavy atom. The number of H-pyrrole nitrogens is 1. The number of fused-ring (bicyclic) bond motifs is 4. The van der Waals surface area contributed by atoms with Crippen molar-refractivity contribution < 1.29 is 9.53 Å². The number of hydrogen-bond acceptors (Lipinski definition) is 3. The van der Waals surface area contributed by atoms with E-state index in [1.54, 1.807) is 7.11 Å². The van der Waals surface area contributed by atoms with Crippen molar-refractivity contribution in [2.45, 2.75) is 31.3 Å². The molecule has 0 radical (unpaired) electrons. The van der Waals surface area contributed by atoms with E-state index >= 15 is 0 Å². The Hall–Kier alpha value is -3.44. The molecule has 4 aromatic rings. The van der Waals surface area contributed by atoms with E-state index in [0.717, 1.165) is 22.3 Å². The van der Waals surface area contributed by atoms with Crippen molar-refractivity contribution in [3.05, 3.63) is 101 Å². The van der Waals surface area contributed by atoms with E-state index in [1.165, 1.54) is 16.5 Å². The Bertz CT molecular complexity index is 1410. The highest BCUT2D eigenvalue weighted by Gasteiger charge is 2.52. The fraction of sp³-hybridized carbons (Fsp3) is 0.214. The smallest absolute Gasteiger partial charge is 0.169 e. The standard InChI is InChI=1S/C28H24N2O2S/c1-16-11-13-17(14-12-16)26-25-20(18-7-3-5-9-21(18)29-25)15-22-27(31)24(28(33)30(22)26)19-8-4-6-10-23(19)32-2/h3-14,22,24,26,29H,15H2,1-2H3/t22-,24+,26+/m0/s1. The highest BCUT2D eigenvalue weighted by Crippen LogP contribution is 2.48. The molecular weight excluding hydrogens is 428 g/mol. The molecule has 3 atom stereocenters. The molecule has 0 amide bonds. The summed E-state index contributed by atoms with van der Waals surface area (Å²) in [5.41, 5.74) is 6.63. The zero-order chi connectivity index (χ0) is 22.7. The summed E-state index contributed by atoms with van der Waals surface area (Å²) in [5, 5.41) is 1.18. The molecule has 33 heavy (non-hydrogen) atoms. The van der Waals surface area contributed by atoms with Gasteiger partial charge in [0.1, 0.15) is 5.75 Å². The topological polar surface area (TPSA) is 45.3 Å². The molecule has 0 spiro atoms. The number of para-hydroxylation sites is 2. The van der Waals surface area contributed by atoms with E-state index in [0.29, 0.717) is 17.2 Å². The van der Waals surface area contributed by atoms with Crippen LogP contribution in [0, 0.1) is 6.92 Å². The number of Topliss-reactive ketones (excluding diaryl/α,β-unsaturated/α-hetero) is 1. The van der Waals surface area contributed by atoms with Gasteiger partial charge in [0.05, 0.1) is 30.1 Å². The number of aromatic amines is 1. The monoisotopic (exact) mass is 452 g/mol. The number of carbonyl (C=O) groups excluding carboxylic acids is 1. The van der Waals surface area contributed by atoms with Gasteiger partial charge in [0, 0.05) is 28.6 Å². The van der Waals surface area contributed by atoms with Crippen molar-refractivity contribution in [2.24, 2.45) is 0 Å². The summed E-state index contributed by atoms with van der Waals surface area (Å²) in [6.45, 7) is 2.09. The van der Waals surface area contributed by atoms with E-state index in [4.69, 9.17) is 17.0 Å². The maximum atomic E-state index is 13.9. The number of aryl methyl sites for hydroxylation is 1. The van der Waals surface area contributed by atoms with Crippen LogP contribution in [0.5, 0.6) is 5.75 Å². The Morgan fingerprint density at radius 1 is 1.00 bits per heavy atom. The van der Waals surface area contributed by atoms with Gasteiger partial charge in [-0.2, -0.15) is 0 Å². The number of ketones is 1. The Kier molecular flexibility index (Phi) is 4.63. The first-order valence-corrected chi connectivity index (χ1v) is 11.6. The maximum Gasteiger partial charge on any atom is 0.169 e. The minimum absolute atomic E-state index is 0.136. The fourth-order valence-electron chi connectivity index (χ4n) is 5.53. The van der Waals surface area contributed by atoms with Gasteiger partial charge in [-0.15, -0.1) is 0 Å². The molecule has 164 valence electrons. The molecule has 3 aromatic carbocycles. The third-order valence-electron chi connectivity index (χ3n) is 7.09. The summed E-state index contributed by atoms with van der Waals surface area (Å²) in [6, 6.07) is 24.2. The molecule has 1 N–H and O–H groups in total. The van der Waals surface area contributed by atoms with Gasteiger partial charge in [0.15, 0.2) is 5.78 Å². The van der Waals surface area contributed by atoms with Crippen molar-refractivity contribution >= 4 is 33.9 Å². The van der Waals surface area contributed by atoms with Gasteiger partial charge < -0.3 is 14.6 Å². The number of aromatic nitrogens is 1. The predicted octanol–water partition coefficient (Wildman–Crippen LogP) is 5.49. The van der Waals surface area contributed by atoms with Crippen LogP contribution in [0.3, 0.4) is 0 Å². The molecule has 0 bridgehead atoms. The van der Waals surface area contributed by atoms with Crippen LogP contribution in [0.2, 0.25) is 0 Å². The zero-order valence-corrected chi connectivity index (χ0v) is 19.4. The Morgan fingerprint density at radius 2 is 1.73 bits per heavy atom. The van der Waals surface area contributed by atoms with E-state index in [2.05, 4.69) is 59.3 Å². The zero-order valence-electron chi connectivity index (χ0n) is 18.5. The number of rotatable bonds is 3. The maximum absolute atomic E-state index is 13.9. The summed E-state index contributed by atoms with van der Waals surface area (Å²) in [6.07, 6.45) is 0.645. The second-order valence-corrected chi connectivity index (χ2v) is 9.34. The molecule has 0 saturated carbocycles. The minimum atomic E-state index is -0.482. The van der Waals surface area contributed by atoms with Crippen LogP contribution < -0.4 is 4.74 Å². The molecule has 1 saturated heterocycles. The number of carbonyl (C=O) groups is 1. The van der Waals surface area contributed by atoms with E-state index in [-0.39, 0.29) is 17.9 Å². The quantitative estimate of drug-likeness (QED) is 0.417. The number of hydrogen-bond donors (Lipinski definition) is 1. The minimum Gasteiger partial charge on any atom is -0.496 e. The molecule has 0 unspecified atom stereocenters. The lowest BCUT2D eigenvalue weighted by Gasteiger charge is -2.38. The van der Waals surface area contributed by atoms with Crippen molar-refractivity contribution in [2.75, 3.05) is 7.11 Å². The number of ether oxygens (including phenoxy) is 1. The van der Waals surface area contributed by atoms with Crippen LogP contribution in [-0.4, -0.2) is 33.8 Å². The van der Waals surface area contributed by atoms with Crippen molar-refractivity contribution in [3.8, 4) is 5.75 Å². The lowest BCUT2D eigenvalue weighted by atomic mass is 9.87. The van der Waals surface area contributed by atoms with Crippen LogP contribution in [0.1, 0.15) is 39.9 Å². The van der Waals surface area contributed by atoms with E-state index in [1.807, 2.05) is 30.3 Å². The molecule has 4 nitrogen and oxygen atoms in total. The highest BCUT2D eigenvalue weighted by atomic mass is 32.1. The fourth-order valence-corrected chi connectivity index (χ4v) is 6.01. The van der Waals surface area contributed by atoms with Crippen molar-refractivity contribution in [1.29, 1.82) is 0 Å². The number of benzene rings is 3. The summed E-state index contributed by atoms with van der Waals surface area (Å²) in [7, 11) is 1.64. The normalized spacial score (nSPS) is 21.9. The van der Waals surface area contributed by atoms with Crippen molar-refractivity contribution in [3.63, 3.8) is 0 Å². The summed E-state index contributed by atoms with van der Waals surface area (Å²) in [5.74, 6) is 0.371. The molecule has 1 fully saturated rings. The summed E-state index contributed by atoms with van der Waals surface area (Å²) >= 11 is 6.05. The largest absolute Gasteiger partial charge is 0.496 e. The first kappa shape index (κ1) is 20.2. The second kappa shape index (κ2) is 7.56. The third kappa shape index (κ3) is 2.96. The number of methoxy groups -OCH3 is 1. The van der Waals surface area contributed by atoms with Crippen LogP contribution in [0.25, 0.3) is 10.9 Å². The summed E-state index contributed by atoms with van der Waals surface area (Å²) < 4.78 is 5.60. The Balaban J connectivity index is 1.55. The third-order valence-corrected chi connectivity index (χ3v) is 7.54. The van der Waals surface area contributed by atoms with Gasteiger partial charge in [-0.25, -0.2) is 0 Å². The molecule has 6 rings (SSSR count). The first-order chi connectivity index (χ1) is 16.1. The molecule has 5 heteroatoms. The van der Waals surface area contributed by atoms with Gasteiger partial charge in [-0.3, -0.25) is 4.79 Å². The molecule has 0 aliphatic carbocycles. The van der Waals surface area contributed by atoms with E-state index in [9.17, 15) is 4.79 Å². The van der Waals surface area contributed by atoms with Crippen LogP contribution >= 0.6 is 12.2 Å². The Labute approximate surface area is 198 Å². The molecular formula is C28H24N2O2S. The van der Waals surface area contributed by atoms with Crippen LogP contribution in [0.15, 0.2) is 72.8 Å². The van der Waals surface area contributed by atoms with Crippen LogP contribution in [-0.2, 0) is 11.2 Å². The SMILES string of the molecule is COc1ccccc1[C@@H]1C(=O)[C@@H]2Cc3c([nH]c4ccccc34)[C@@H](c3ccc(C)cc3)N2C1=S. The molecule has 2 aliphatic heterocycles. The average molecular weight is 453 g/mol. The van der Waals surface area contributed by atoms with Gasteiger partial charge in [-0.05, 0) is 30.2 Å². The van der Waals surface area contributed by atoms with Gasteiger partial charge in [-0.1, -0.05) is 78.4 Å². The lowest BCUT2D eigenvalue weighted by Crippen LogP contribution is -2.43. The molecule has 1 aromatic heterocycles. The van der Waals surface area contributed by atoms with Gasteiger partial charge >= 0.3 is 0 Å². The summed E-state index contributed by atoms with van der Waals surface area (Å²) in [4.78, 5) is 20.4. The van der Waals surface area contributed by atoms with Gasteiger partial charge in [0.25, 0.3) is 0 Å². The first-order valence-electron chi connectivity index (χ1n) is 11.2.